The zero-order valence-electron chi connectivity index (χ0n) is 16.2. The number of thiazole rings is 1. The van der Waals surface area contributed by atoms with Gasteiger partial charge in [0.15, 0.2) is 5.96 Å². The summed E-state index contributed by atoms with van der Waals surface area (Å²) in [7, 11) is 0. The van der Waals surface area contributed by atoms with Crippen molar-refractivity contribution in [1.29, 1.82) is 0 Å². The maximum absolute atomic E-state index is 5.47. The molecule has 2 aromatic rings. The van der Waals surface area contributed by atoms with Crippen LogP contribution in [-0.4, -0.2) is 37.2 Å². The molecule has 6 heteroatoms. The summed E-state index contributed by atoms with van der Waals surface area (Å²) in [6, 6.07) is 4.52. The second kappa shape index (κ2) is 8.40. The van der Waals surface area contributed by atoms with Gasteiger partial charge in [0, 0.05) is 49.7 Å². The minimum atomic E-state index is 0.571. The van der Waals surface area contributed by atoms with Gasteiger partial charge in [-0.2, -0.15) is 0 Å². The van der Waals surface area contributed by atoms with Gasteiger partial charge in [0.25, 0.3) is 0 Å². The third kappa shape index (κ3) is 4.50. The molecule has 2 N–H and O–H groups in total. The Bertz CT molecular complexity index is 824. The fourth-order valence-electron chi connectivity index (χ4n) is 3.70. The highest BCUT2D eigenvalue weighted by atomic mass is 32.1. The third-order valence-corrected chi connectivity index (χ3v) is 6.25. The molecule has 2 aliphatic heterocycles. The molecule has 5 nitrogen and oxygen atoms in total. The molecule has 1 aromatic carbocycles. The Hall–Kier alpha value is -1.92. The molecule has 0 bridgehead atoms. The predicted molar refractivity (Wildman–Crippen MR) is 112 cm³/mol. The lowest BCUT2D eigenvalue weighted by molar-refractivity contribution is 0.0846. The Labute approximate surface area is 165 Å². The van der Waals surface area contributed by atoms with Crippen LogP contribution in [0.15, 0.2) is 22.5 Å². The van der Waals surface area contributed by atoms with Crippen molar-refractivity contribution in [3.63, 3.8) is 0 Å². The molecule has 27 heavy (non-hydrogen) atoms. The number of aromatic nitrogens is 1. The monoisotopic (exact) mass is 384 g/mol. The molecule has 2 aliphatic rings. The van der Waals surface area contributed by atoms with E-state index in [0.29, 0.717) is 5.92 Å². The van der Waals surface area contributed by atoms with Crippen molar-refractivity contribution in [1.82, 2.24) is 10.3 Å². The number of benzene rings is 1. The number of nitrogens with one attached hydrogen (secondary N) is 2. The molecule has 0 radical (unpaired) electrons. The minimum absolute atomic E-state index is 0.571. The Morgan fingerprint density at radius 1 is 1.22 bits per heavy atom. The van der Waals surface area contributed by atoms with Crippen molar-refractivity contribution < 1.29 is 4.74 Å². The van der Waals surface area contributed by atoms with Gasteiger partial charge in [-0.25, -0.2) is 4.98 Å². The van der Waals surface area contributed by atoms with Gasteiger partial charge in [-0.15, -0.1) is 11.3 Å². The van der Waals surface area contributed by atoms with E-state index in [2.05, 4.69) is 47.0 Å². The molecule has 3 heterocycles. The predicted octanol–water partition coefficient (Wildman–Crippen LogP) is 4.01. The zero-order chi connectivity index (χ0) is 18.6. The number of hydrogen-bond acceptors (Lipinski definition) is 6. The van der Waals surface area contributed by atoms with Crippen molar-refractivity contribution in [3.8, 4) is 0 Å². The maximum Gasteiger partial charge on any atom is 0.195 e. The summed E-state index contributed by atoms with van der Waals surface area (Å²) >= 11 is 1.79. The van der Waals surface area contributed by atoms with E-state index in [4.69, 9.17) is 9.72 Å². The van der Waals surface area contributed by atoms with Gasteiger partial charge in [0.2, 0.25) is 0 Å². The molecule has 0 atom stereocenters. The fourth-order valence-corrected chi connectivity index (χ4v) is 4.59. The molecule has 0 aliphatic carbocycles. The van der Waals surface area contributed by atoms with Crippen LogP contribution < -0.4 is 10.6 Å². The summed E-state index contributed by atoms with van der Waals surface area (Å²) in [5.74, 6) is 1.46. The van der Waals surface area contributed by atoms with Crippen LogP contribution in [0.5, 0.6) is 0 Å². The fraction of sp³-hybridized carbons (Fsp3) is 0.524. The lowest BCUT2D eigenvalue weighted by Crippen LogP contribution is -2.35. The van der Waals surface area contributed by atoms with Crippen molar-refractivity contribution >= 4 is 23.0 Å². The summed E-state index contributed by atoms with van der Waals surface area (Å²) < 4.78 is 5.47. The quantitative estimate of drug-likeness (QED) is 0.836. The van der Waals surface area contributed by atoms with Crippen LogP contribution >= 0.6 is 11.3 Å². The van der Waals surface area contributed by atoms with E-state index in [9.17, 15) is 0 Å². The number of ether oxygens (including phenoxy) is 1. The van der Waals surface area contributed by atoms with Crippen LogP contribution in [0.4, 0.5) is 5.69 Å². The van der Waals surface area contributed by atoms with Gasteiger partial charge >= 0.3 is 0 Å². The number of nitrogens with zero attached hydrogens (tertiary/aromatic N) is 2. The summed E-state index contributed by atoms with van der Waals surface area (Å²) in [6.45, 7) is 7.95. The Morgan fingerprint density at radius 3 is 2.85 bits per heavy atom. The second-order valence-electron chi connectivity index (χ2n) is 7.46. The number of aliphatic imine (C=N–C) groups is 1. The average Bonchev–Trinajstić information content (AvgIpc) is 3.16. The standard InChI is InChI=1S/C21H28N4OS/c1-14-11-18(25-21-22-6-3-7-23-21)15(2)10-17(14)12-20-24-19(13-27-20)16-4-8-26-9-5-16/h10-11,13,16H,3-9,12H2,1-2H3,(H2,22,23,25). The summed E-state index contributed by atoms with van der Waals surface area (Å²) in [5.41, 5.74) is 6.28. The minimum Gasteiger partial charge on any atom is -0.381 e. The van der Waals surface area contributed by atoms with Crippen molar-refractivity contribution in [2.75, 3.05) is 31.6 Å². The topological polar surface area (TPSA) is 58.5 Å². The molecule has 0 amide bonds. The first-order valence-electron chi connectivity index (χ1n) is 9.86. The number of rotatable bonds is 4. The number of hydrogen-bond donors (Lipinski definition) is 2. The van der Waals surface area contributed by atoms with Crippen LogP contribution in [0.1, 0.15) is 52.6 Å². The summed E-state index contributed by atoms with van der Waals surface area (Å²) in [6.07, 6.45) is 4.20. The van der Waals surface area contributed by atoms with Crippen molar-refractivity contribution in [2.45, 2.75) is 45.4 Å². The van der Waals surface area contributed by atoms with E-state index in [1.54, 1.807) is 11.3 Å². The van der Waals surface area contributed by atoms with Crippen LogP contribution in [0, 0.1) is 13.8 Å². The largest absolute Gasteiger partial charge is 0.381 e. The number of aryl methyl sites for hydroxylation is 2. The van der Waals surface area contributed by atoms with Gasteiger partial charge in [-0.1, -0.05) is 6.07 Å². The molecule has 1 saturated heterocycles. The van der Waals surface area contributed by atoms with E-state index in [1.165, 1.54) is 27.4 Å². The first kappa shape index (κ1) is 18.4. The van der Waals surface area contributed by atoms with Gasteiger partial charge in [0.1, 0.15) is 0 Å². The van der Waals surface area contributed by atoms with E-state index < -0.39 is 0 Å². The first-order chi connectivity index (χ1) is 13.2. The van der Waals surface area contributed by atoms with E-state index in [0.717, 1.165) is 63.6 Å². The normalized spacial score (nSPS) is 18.1. The Morgan fingerprint density at radius 2 is 2.07 bits per heavy atom. The van der Waals surface area contributed by atoms with Crippen molar-refractivity contribution in [3.05, 3.63) is 44.9 Å². The first-order valence-corrected chi connectivity index (χ1v) is 10.7. The molecule has 0 spiro atoms. The lowest BCUT2D eigenvalue weighted by atomic mass is 9.97. The van der Waals surface area contributed by atoms with E-state index >= 15 is 0 Å². The molecule has 1 aromatic heterocycles. The highest BCUT2D eigenvalue weighted by Crippen LogP contribution is 2.29. The molecular formula is C21H28N4OS. The van der Waals surface area contributed by atoms with Crippen molar-refractivity contribution in [2.24, 2.45) is 4.99 Å². The molecule has 4 rings (SSSR count). The van der Waals surface area contributed by atoms with E-state index in [-0.39, 0.29) is 0 Å². The van der Waals surface area contributed by atoms with Crippen LogP contribution in [0.2, 0.25) is 0 Å². The SMILES string of the molecule is Cc1cc(NC2=NCCCN2)c(C)cc1Cc1nc(C2CCOCC2)cs1. The van der Waals surface area contributed by atoms with Gasteiger partial charge in [0.05, 0.1) is 10.7 Å². The second-order valence-corrected chi connectivity index (χ2v) is 8.40. The van der Waals surface area contributed by atoms with Gasteiger partial charge < -0.3 is 15.4 Å². The molecule has 0 saturated carbocycles. The Balaban J connectivity index is 1.47. The smallest absolute Gasteiger partial charge is 0.195 e. The van der Waals surface area contributed by atoms with Crippen LogP contribution in [0.25, 0.3) is 0 Å². The maximum atomic E-state index is 5.47. The lowest BCUT2D eigenvalue weighted by Gasteiger charge is -2.20. The van der Waals surface area contributed by atoms with Gasteiger partial charge in [-0.05, 0) is 55.9 Å². The van der Waals surface area contributed by atoms with E-state index in [1.807, 2.05) is 0 Å². The summed E-state index contributed by atoms with van der Waals surface area (Å²) in [5, 5.41) is 10.2. The van der Waals surface area contributed by atoms with Crippen LogP contribution in [-0.2, 0) is 11.2 Å². The summed E-state index contributed by atoms with van der Waals surface area (Å²) in [4.78, 5) is 9.44. The molecule has 1 fully saturated rings. The highest BCUT2D eigenvalue weighted by molar-refractivity contribution is 7.09. The third-order valence-electron chi connectivity index (χ3n) is 5.38. The van der Waals surface area contributed by atoms with Crippen LogP contribution in [0.3, 0.4) is 0 Å². The Kier molecular flexibility index (Phi) is 5.74. The molecule has 0 unspecified atom stereocenters. The highest BCUT2D eigenvalue weighted by Gasteiger charge is 2.19. The van der Waals surface area contributed by atoms with Gasteiger partial charge in [-0.3, -0.25) is 4.99 Å². The number of guanidine groups is 1. The number of anilines is 1. The molecular weight excluding hydrogens is 356 g/mol. The average molecular weight is 385 g/mol. The zero-order valence-corrected chi connectivity index (χ0v) is 17.0. The molecule has 144 valence electrons.